The van der Waals surface area contributed by atoms with Crippen LogP contribution in [0.4, 0.5) is 0 Å². The van der Waals surface area contributed by atoms with Crippen LogP contribution in [0.5, 0.6) is 5.75 Å². The largest absolute Gasteiger partial charge is 0.494 e. The van der Waals surface area contributed by atoms with Crippen molar-refractivity contribution in [3.05, 3.63) is 103 Å². The summed E-state index contributed by atoms with van der Waals surface area (Å²) in [5, 5.41) is 9.17. The maximum absolute atomic E-state index is 9.17. The van der Waals surface area contributed by atoms with Crippen LogP contribution < -0.4 is 13.9 Å². The molecule has 2 aromatic carbocycles. The molecule has 0 spiro atoms. The number of pyridine rings is 2. The fraction of sp³-hybridized carbons (Fsp3) is 0.120. The Labute approximate surface area is 170 Å². The van der Waals surface area contributed by atoms with Gasteiger partial charge in [-0.15, -0.1) is 0 Å². The second-order valence-corrected chi connectivity index (χ2v) is 6.74. The van der Waals surface area contributed by atoms with Crippen molar-refractivity contribution in [3.8, 4) is 28.3 Å². The van der Waals surface area contributed by atoms with Crippen LogP contribution in [0.1, 0.15) is 12.5 Å². The molecule has 4 aromatic rings. The van der Waals surface area contributed by atoms with Crippen molar-refractivity contribution in [1.82, 2.24) is 0 Å². The van der Waals surface area contributed by atoms with Gasteiger partial charge in [0.05, 0.1) is 13.2 Å². The van der Waals surface area contributed by atoms with Gasteiger partial charge in [-0.05, 0) is 35.7 Å². The van der Waals surface area contributed by atoms with Gasteiger partial charge >= 0.3 is 0 Å². The maximum Gasteiger partial charge on any atom is 0.210 e. The summed E-state index contributed by atoms with van der Waals surface area (Å²) in [6.45, 7) is 2.72. The van der Waals surface area contributed by atoms with E-state index in [0.29, 0.717) is 6.61 Å². The highest BCUT2D eigenvalue weighted by molar-refractivity contribution is 5.61. The number of benzene rings is 2. The number of aliphatic hydroxyl groups excluding tert-OH is 1. The van der Waals surface area contributed by atoms with Gasteiger partial charge in [-0.2, -0.15) is 9.13 Å². The SMILES string of the molecule is CCOc1ccc(-[n+]2ccc(-c3cc[n+](-c4ccc(CO)cc4)cc3)cc2)cc1. The van der Waals surface area contributed by atoms with Gasteiger partial charge in [0.1, 0.15) is 5.75 Å². The van der Waals surface area contributed by atoms with Gasteiger partial charge in [0.15, 0.2) is 24.8 Å². The molecule has 2 heterocycles. The molecule has 4 nitrogen and oxygen atoms in total. The van der Waals surface area contributed by atoms with E-state index in [9.17, 15) is 5.11 Å². The van der Waals surface area contributed by atoms with Gasteiger partial charge in [0.25, 0.3) is 0 Å². The number of nitrogens with zero attached hydrogens (tertiary/aromatic N) is 2. The van der Waals surface area contributed by atoms with Crippen LogP contribution >= 0.6 is 0 Å². The van der Waals surface area contributed by atoms with E-state index in [4.69, 9.17) is 4.74 Å². The van der Waals surface area contributed by atoms with Crippen molar-refractivity contribution in [2.75, 3.05) is 6.61 Å². The molecule has 0 aliphatic carbocycles. The van der Waals surface area contributed by atoms with Crippen LogP contribution in [0.25, 0.3) is 22.5 Å². The van der Waals surface area contributed by atoms with E-state index in [-0.39, 0.29) is 6.61 Å². The third kappa shape index (κ3) is 4.33. The van der Waals surface area contributed by atoms with Crippen LogP contribution in [-0.4, -0.2) is 11.7 Å². The Hall–Kier alpha value is -3.50. The summed E-state index contributed by atoms with van der Waals surface area (Å²) in [7, 11) is 0. The molecule has 144 valence electrons. The van der Waals surface area contributed by atoms with E-state index in [1.165, 1.54) is 0 Å². The van der Waals surface area contributed by atoms with E-state index in [2.05, 4.69) is 70.3 Å². The number of aromatic nitrogens is 2. The lowest BCUT2D eigenvalue weighted by Gasteiger charge is -2.03. The smallest absolute Gasteiger partial charge is 0.210 e. The van der Waals surface area contributed by atoms with Crippen LogP contribution in [0.3, 0.4) is 0 Å². The molecule has 2 aromatic heterocycles. The van der Waals surface area contributed by atoms with E-state index in [0.717, 1.165) is 33.8 Å². The summed E-state index contributed by atoms with van der Waals surface area (Å²) in [6.07, 6.45) is 8.24. The first kappa shape index (κ1) is 18.8. The van der Waals surface area contributed by atoms with Gasteiger partial charge in [0, 0.05) is 48.5 Å². The molecule has 0 atom stereocenters. The first-order valence-corrected chi connectivity index (χ1v) is 9.73. The third-order valence-corrected chi connectivity index (χ3v) is 4.86. The summed E-state index contributed by atoms with van der Waals surface area (Å²) in [5.41, 5.74) is 5.39. The Morgan fingerprint density at radius 2 is 1.10 bits per heavy atom. The van der Waals surface area contributed by atoms with E-state index in [1.54, 1.807) is 0 Å². The zero-order chi connectivity index (χ0) is 20.1. The maximum atomic E-state index is 9.17. The van der Waals surface area contributed by atoms with Crippen molar-refractivity contribution >= 4 is 0 Å². The second kappa shape index (κ2) is 8.67. The minimum Gasteiger partial charge on any atom is -0.494 e. The van der Waals surface area contributed by atoms with Gasteiger partial charge < -0.3 is 9.84 Å². The lowest BCUT2D eigenvalue weighted by molar-refractivity contribution is -0.596. The fourth-order valence-electron chi connectivity index (χ4n) is 3.24. The molecular formula is C25H24N2O2+2. The average Bonchev–Trinajstić information content (AvgIpc) is 2.80. The van der Waals surface area contributed by atoms with Gasteiger partial charge in [-0.3, -0.25) is 0 Å². The first-order valence-electron chi connectivity index (χ1n) is 9.73. The van der Waals surface area contributed by atoms with Crippen LogP contribution in [0, 0.1) is 0 Å². The zero-order valence-corrected chi connectivity index (χ0v) is 16.4. The first-order chi connectivity index (χ1) is 14.3. The Bertz CT molecular complexity index is 1060. The average molecular weight is 384 g/mol. The number of hydrogen-bond acceptors (Lipinski definition) is 2. The molecule has 29 heavy (non-hydrogen) atoms. The molecule has 0 amide bonds. The molecule has 0 saturated heterocycles. The highest BCUT2D eigenvalue weighted by Crippen LogP contribution is 2.17. The Morgan fingerprint density at radius 1 is 0.655 bits per heavy atom. The highest BCUT2D eigenvalue weighted by Gasteiger charge is 2.09. The highest BCUT2D eigenvalue weighted by atomic mass is 16.5. The topological polar surface area (TPSA) is 37.2 Å². The molecule has 0 aliphatic heterocycles. The monoisotopic (exact) mass is 384 g/mol. The number of ether oxygens (including phenoxy) is 1. The third-order valence-electron chi connectivity index (χ3n) is 4.86. The van der Waals surface area contributed by atoms with Crippen LogP contribution in [-0.2, 0) is 6.61 Å². The molecule has 0 bridgehead atoms. The Balaban J connectivity index is 1.51. The van der Waals surface area contributed by atoms with Crippen molar-refractivity contribution in [2.24, 2.45) is 0 Å². The van der Waals surface area contributed by atoms with Crippen molar-refractivity contribution in [3.63, 3.8) is 0 Å². The molecule has 0 unspecified atom stereocenters. The molecule has 0 fully saturated rings. The molecule has 0 aliphatic rings. The predicted octanol–water partition coefficient (Wildman–Crippen LogP) is 3.80. The minimum absolute atomic E-state index is 0.0640. The summed E-state index contributed by atoms with van der Waals surface area (Å²) < 4.78 is 9.66. The number of rotatable bonds is 6. The summed E-state index contributed by atoms with van der Waals surface area (Å²) in [6, 6.07) is 24.4. The standard InChI is InChI=1S/C25H24N2O2/c1-2-29-25-9-7-24(8-10-25)27-17-13-22(14-18-27)21-11-15-26(16-12-21)23-5-3-20(19-28)4-6-23/h3-18,28H,2,19H2,1H3/q+2. The second-order valence-electron chi connectivity index (χ2n) is 6.74. The van der Waals surface area contributed by atoms with Crippen LogP contribution in [0.2, 0.25) is 0 Å². The molecular weight excluding hydrogens is 360 g/mol. The van der Waals surface area contributed by atoms with Crippen LogP contribution in [0.15, 0.2) is 97.6 Å². The molecule has 0 saturated carbocycles. The number of hydrogen-bond donors (Lipinski definition) is 1. The quantitative estimate of drug-likeness (QED) is 0.514. The lowest BCUT2D eigenvalue weighted by atomic mass is 10.1. The normalized spacial score (nSPS) is 10.7. The Morgan fingerprint density at radius 3 is 1.52 bits per heavy atom. The fourth-order valence-corrected chi connectivity index (χ4v) is 3.24. The molecule has 1 N–H and O–H groups in total. The van der Waals surface area contributed by atoms with Crippen molar-refractivity contribution < 1.29 is 19.0 Å². The number of aliphatic hydroxyl groups is 1. The van der Waals surface area contributed by atoms with E-state index in [1.807, 2.05) is 43.3 Å². The summed E-state index contributed by atoms with van der Waals surface area (Å²) in [4.78, 5) is 0. The summed E-state index contributed by atoms with van der Waals surface area (Å²) in [5.74, 6) is 0.886. The zero-order valence-electron chi connectivity index (χ0n) is 16.4. The van der Waals surface area contributed by atoms with Gasteiger partial charge in [-0.25, -0.2) is 0 Å². The lowest BCUT2D eigenvalue weighted by Crippen LogP contribution is -2.29. The molecule has 4 heteroatoms. The van der Waals surface area contributed by atoms with Crippen molar-refractivity contribution in [1.29, 1.82) is 0 Å². The van der Waals surface area contributed by atoms with E-state index < -0.39 is 0 Å². The van der Waals surface area contributed by atoms with Crippen molar-refractivity contribution in [2.45, 2.75) is 13.5 Å². The predicted molar refractivity (Wildman–Crippen MR) is 112 cm³/mol. The van der Waals surface area contributed by atoms with E-state index >= 15 is 0 Å². The molecule has 0 radical (unpaired) electrons. The minimum atomic E-state index is 0.0640. The molecule has 4 rings (SSSR count). The Kier molecular flexibility index (Phi) is 5.63. The van der Waals surface area contributed by atoms with Gasteiger partial charge in [0.2, 0.25) is 11.4 Å². The summed E-state index contributed by atoms with van der Waals surface area (Å²) >= 11 is 0. The van der Waals surface area contributed by atoms with Gasteiger partial charge in [-0.1, -0.05) is 12.1 Å².